The van der Waals surface area contributed by atoms with Gasteiger partial charge in [0.15, 0.2) is 0 Å². The highest BCUT2D eigenvalue weighted by molar-refractivity contribution is 7.17. The molecule has 37 heavy (non-hydrogen) atoms. The molecule has 2 aromatic carbocycles. The summed E-state index contributed by atoms with van der Waals surface area (Å²) in [5.74, 6) is -1.40. The zero-order valence-corrected chi connectivity index (χ0v) is 21.2. The second-order valence-corrected chi connectivity index (χ2v) is 10.5. The number of hydrogen-bond acceptors (Lipinski definition) is 5. The highest BCUT2D eigenvalue weighted by Gasteiger charge is 2.29. The number of aliphatic hydroxyl groups is 1. The fourth-order valence-corrected chi connectivity index (χ4v) is 6.27. The van der Waals surface area contributed by atoms with Gasteiger partial charge in [0.1, 0.15) is 15.5 Å². The third-order valence-electron chi connectivity index (χ3n) is 7.14. The first-order chi connectivity index (χ1) is 18.0. The van der Waals surface area contributed by atoms with Crippen molar-refractivity contribution < 1.29 is 24.9 Å². The van der Waals surface area contributed by atoms with Crippen molar-refractivity contribution in [3.8, 4) is 16.9 Å². The van der Waals surface area contributed by atoms with E-state index in [4.69, 9.17) is 5.11 Å². The van der Waals surface area contributed by atoms with Gasteiger partial charge in [-0.1, -0.05) is 73.9 Å². The number of aromatic hydroxyl groups is 1. The molecule has 0 bridgehead atoms. The van der Waals surface area contributed by atoms with Crippen LogP contribution in [0.3, 0.4) is 0 Å². The average molecular weight is 516 g/mol. The molecule has 0 spiro atoms. The molecule has 1 fully saturated rings. The number of aromatic nitrogens is 1. The Morgan fingerprint density at radius 2 is 1.78 bits per heavy atom. The summed E-state index contributed by atoms with van der Waals surface area (Å²) < 4.78 is 0. The number of aromatic carboxylic acids is 1. The Morgan fingerprint density at radius 3 is 2.49 bits per heavy atom. The van der Waals surface area contributed by atoms with Crippen LogP contribution in [0.4, 0.5) is 0 Å². The number of carbonyl (C=O) groups is 2. The van der Waals surface area contributed by atoms with E-state index in [1.807, 2.05) is 54.6 Å². The van der Waals surface area contributed by atoms with Gasteiger partial charge in [0, 0.05) is 29.3 Å². The summed E-state index contributed by atoms with van der Waals surface area (Å²) in [6, 6.07) is 13.3. The van der Waals surface area contributed by atoms with Crippen molar-refractivity contribution in [3.05, 3.63) is 81.2 Å². The van der Waals surface area contributed by atoms with E-state index in [0.717, 1.165) is 35.3 Å². The number of carbonyl (C=O) groups excluding carboxylic acids is 1. The van der Waals surface area contributed by atoms with E-state index in [9.17, 15) is 19.8 Å². The second kappa shape index (κ2) is 10.7. The maximum absolute atomic E-state index is 13.6. The number of aromatic amines is 1. The summed E-state index contributed by atoms with van der Waals surface area (Å²) in [5.41, 5.74) is 3.98. The summed E-state index contributed by atoms with van der Waals surface area (Å²) >= 11 is 0.803. The molecular formula is C30H29NO5S. The maximum atomic E-state index is 13.6. The van der Waals surface area contributed by atoms with Crippen molar-refractivity contribution in [2.45, 2.75) is 44.4 Å². The minimum absolute atomic E-state index is 0.00545. The van der Waals surface area contributed by atoms with Gasteiger partial charge < -0.3 is 20.3 Å². The Balaban J connectivity index is 1.51. The van der Waals surface area contributed by atoms with Crippen LogP contribution in [0.15, 0.2) is 54.7 Å². The Kier molecular flexibility index (Phi) is 7.26. The lowest BCUT2D eigenvalue weighted by molar-refractivity contribution is 0.0702. The molecule has 1 saturated carbocycles. The molecule has 2 heterocycles. The molecule has 5 rings (SSSR count). The Morgan fingerprint density at radius 1 is 1.03 bits per heavy atom. The Labute approximate surface area is 218 Å². The molecule has 1 aliphatic rings. The molecule has 1 aliphatic carbocycles. The second-order valence-electron chi connectivity index (χ2n) is 9.46. The lowest BCUT2D eigenvalue weighted by Gasteiger charge is -2.22. The fraction of sp³-hybridized carbons (Fsp3) is 0.267. The zero-order valence-electron chi connectivity index (χ0n) is 20.4. The number of aliphatic hydroxyl groups excluding tert-OH is 1. The zero-order chi connectivity index (χ0) is 25.9. The van der Waals surface area contributed by atoms with Gasteiger partial charge in [0.25, 0.3) is 0 Å². The van der Waals surface area contributed by atoms with E-state index >= 15 is 0 Å². The molecular weight excluding hydrogens is 486 g/mol. The SMILES string of the molecule is O=C(O)c1sc(C(=O)c2c[nH]c3c(C=CCCO)cccc23)c(O)c1-c1ccc(C2CCCCC2)cc1. The number of carboxylic acids is 1. The highest BCUT2D eigenvalue weighted by atomic mass is 32.1. The van der Waals surface area contributed by atoms with E-state index < -0.39 is 11.8 Å². The predicted octanol–water partition coefficient (Wildman–Crippen LogP) is 6.97. The molecule has 190 valence electrons. The van der Waals surface area contributed by atoms with Crippen LogP contribution in [0.1, 0.15) is 80.5 Å². The molecule has 4 N–H and O–H groups in total. The smallest absolute Gasteiger partial charge is 0.346 e. The van der Waals surface area contributed by atoms with E-state index in [1.54, 1.807) is 6.20 Å². The molecule has 4 aromatic rings. The quantitative estimate of drug-likeness (QED) is 0.189. The summed E-state index contributed by atoms with van der Waals surface area (Å²) in [4.78, 5) is 28.8. The van der Waals surface area contributed by atoms with Crippen LogP contribution in [0, 0.1) is 0 Å². The molecule has 7 heteroatoms. The van der Waals surface area contributed by atoms with Gasteiger partial charge in [-0.25, -0.2) is 4.79 Å². The van der Waals surface area contributed by atoms with Gasteiger partial charge in [-0.2, -0.15) is 0 Å². The van der Waals surface area contributed by atoms with Crippen molar-refractivity contribution in [1.29, 1.82) is 0 Å². The van der Waals surface area contributed by atoms with Crippen molar-refractivity contribution in [2.24, 2.45) is 0 Å². The van der Waals surface area contributed by atoms with Crippen LogP contribution in [0.25, 0.3) is 28.1 Å². The third-order valence-corrected chi connectivity index (χ3v) is 8.31. The van der Waals surface area contributed by atoms with Gasteiger partial charge in [-0.05, 0) is 41.9 Å². The van der Waals surface area contributed by atoms with Crippen molar-refractivity contribution in [3.63, 3.8) is 0 Å². The first kappa shape index (κ1) is 25.0. The fourth-order valence-electron chi connectivity index (χ4n) is 5.26. The summed E-state index contributed by atoms with van der Waals surface area (Å²) in [7, 11) is 0. The first-order valence-corrected chi connectivity index (χ1v) is 13.4. The molecule has 0 saturated heterocycles. The number of para-hydroxylation sites is 1. The molecule has 0 atom stereocenters. The van der Waals surface area contributed by atoms with E-state index in [0.29, 0.717) is 28.9 Å². The minimum Gasteiger partial charge on any atom is -0.506 e. The van der Waals surface area contributed by atoms with E-state index in [1.165, 1.54) is 24.8 Å². The van der Waals surface area contributed by atoms with Crippen LogP contribution in [-0.2, 0) is 0 Å². The molecule has 6 nitrogen and oxygen atoms in total. The first-order valence-electron chi connectivity index (χ1n) is 12.6. The topological polar surface area (TPSA) is 111 Å². The maximum Gasteiger partial charge on any atom is 0.346 e. The van der Waals surface area contributed by atoms with Gasteiger partial charge >= 0.3 is 5.97 Å². The average Bonchev–Trinajstić information content (AvgIpc) is 3.51. The summed E-state index contributed by atoms with van der Waals surface area (Å²) in [5, 5.41) is 30.8. The number of ketones is 1. The van der Waals surface area contributed by atoms with Gasteiger partial charge in [0.05, 0.1) is 5.52 Å². The Hall–Kier alpha value is -3.68. The predicted molar refractivity (Wildman–Crippen MR) is 147 cm³/mol. The molecule has 0 amide bonds. The third kappa shape index (κ3) is 4.84. The molecule has 0 unspecified atom stereocenters. The van der Waals surface area contributed by atoms with E-state index in [-0.39, 0.29) is 27.7 Å². The van der Waals surface area contributed by atoms with Crippen molar-refractivity contribution in [2.75, 3.05) is 6.61 Å². The largest absolute Gasteiger partial charge is 0.506 e. The molecule has 0 aliphatic heterocycles. The normalized spacial score (nSPS) is 14.5. The van der Waals surface area contributed by atoms with Gasteiger partial charge in [0.2, 0.25) is 5.78 Å². The van der Waals surface area contributed by atoms with Crippen LogP contribution >= 0.6 is 11.3 Å². The monoisotopic (exact) mass is 515 g/mol. The van der Waals surface area contributed by atoms with Crippen LogP contribution < -0.4 is 0 Å². The number of fused-ring (bicyclic) bond motifs is 1. The van der Waals surface area contributed by atoms with Crippen molar-refractivity contribution in [1.82, 2.24) is 4.98 Å². The van der Waals surface area contributed by atoms with E-state index in [2.05, 4.69) is 4.98 Å². The number of rotatable bonds is 8. The number of nitrogens with one attached hydrogen (secondary N) is 1. The number of hydrogen-bond donors (Lipinski definition) is 4. The highest BCUT2D eigenvalue weighted by Crippen LogP contribution is 2.44. The van der Waals surface area contributed by atoms with Crippen LogP contribution in [-0.4, -0.2) is 38.7 Å². The van der Waals surface area contributed by atoms with Crippen molar-refractivity contribution >= 4 is 40.1 Å². The van der Waals surface area contributed by atoms with Gasteiger partial charge in [-0.15, -0.1) is 11.3 Å². The standard InChI is InChI=1S/C30H29NO5S/c32-16-5-4-9-21-10-6-11-22-23(17-31-25(21)22)26(33)29-27(34)24(28(37-29)30(35)36)20-14-12-19(13-15-20)18-7-2-1-3-8-18/h4,6,9-15,17-18,31-32,34H,1-3,5,7-8,16H2,(H,35,36). The minimum atomic E-state index is -1.18. The van der Waals surface area contributed by atoms with Crippen LogP contribution in [0.2, 0.25) is 0 Å². The number of benzene rings is 2. The number of thiophene rings is 1. The van der Waals surface area contributed by atoms with Crippen LogP contribution in [0.5, 0.6) is 5.75 Å². The lowest BCUT2D eigenvalue weighted by atomic mass is 9.83. The number of H-pyrrole nitrogens is 1. The summed E-state index contributed by atoms with van der Waals surface area (Å²) in [6.45, 7) is 0.0517. The number of carboxylic acid groups (broad SMARTS) is 1. The summed E-state index contributed by atoms with van der Waals surface area (Å²) in [6.07, 6.45) is 11.9. The molecule has 0 radical (unpaired) electrons. The Bertz CT molecular complexity index is 1470. The molecule has 2 aromatic heterocycles. The van der Waals surface area contributed by atoms with Gasteiger partial charge in [-0.3, -0.25) is 4.79 Å². The lowest BCUT2D eigenvalue weighted by Crippen LogP contribution is -2.04.